The molecular formula is C19H14F2N4O3S2. The van der Waals surface area contributed by atoms with Crippen LogP contribution in [0.3, 0.4) is 0 Å². The minimum atomic E-state index is -2.08. The number of hydrogen-bond acceptors (Lipinski definition) is 7. The van der Waals surface area contributed by atoms with Crippen LogP contribution in [0.25, 0.3) is 6.08 Å². The zero-order chi connectivity index (χ0) is 21.3. The lowest BCUT2D eigenvalue weighted by Gasteiger charge is -2.31. The van der Waals surface area contributed by atoms with Gasteiger partial charge in [0.15, 0.2) is 0 Å². The molecule has 3 aromatic rings. The topological polar surface area (TPSA) is 88.3 Å². The van der Waals surface area contributed by atoms with E-state index in [0.29, 0.717) is 6.07 Å². The lowest BCUT2D eigenvalue weighted by molar-refractivity contribution is -0.126. The Hall–Kier alpha value is -2.89. The van der Waals surface area contributed by atoms with Crippen molar-refractivity contribution >= 4 is 40.3 Å². The van der Waals surface area contributed by atoms with Crippen LogP contribution >= 0.6 is 23.1 Å². The predicted molar refractivity (Wildman–Crippen MR) is 107 cm³/mol. The van der Waals surface area contributed by atoms with E-state index in [-0.39, 0.29) is 17.0 Å². The molecule has 0 saturated carbocycles. The summed E-state index contributed by atoms with van der Waals surface area (Å²) in [4.78, 5) is 28.2. The summed E-state index contributed by atoms with van der Waals surface area (Å²) in [5.41, 5.74) is -2.36. The van der Waals surface area contributed by atoms with Gasteiger partial charge in [-0.15, -0.1) is 11.3 Å². The zero-order valence-corrected chi connectivity index (χ0v) is 16.9. The largest absolute Gasteiger partial charge is 0.381 e. The van der Waals surface area contributed by atoms with Gasteiger partial charge in [-0.3, -0.25) is 14.5 Å². The fourth-order valence-corrected chi connectivity index (χ4v) is 4.61. The first kappa shape index (κ1) is 20.4. The van der Waals surface area contributed by atoms with Gasteiger partial charge < -0.3 is 5.11 Å². The highest BCUT2D eigenvalue weighted by molar-refractivity contribution is 8.18. The molecule has 1 fully saturated rings. The Morgan fingerprint density at radius 3 is 2.57 bits per heavy atom. The first-order chi connectivity index (χ1) is 14.4. The third kappa shape index (κ3) is 4.04. The van der Waals surface area contributed by atoms with Crippen LogP contribution < -0.4 is 0 Å². The molecule has 154 valence electrons. The Morgan fingerprint density at radius 1 is 1.13 bits per heavy atom. The van der Waals surface area contributed by atoms with E-state index in [0.717, 1.165) is 38.5 Å². The van der Waals surface area contributed by atoms with Gasteiger partial charge in [-0.1, -0.05) is 12.1 Å². The number of β-amino-alcohol motifs (C(OH)–C–C–N with tert-alkyl or cyclic N) is 1. The fourth-order valence-electron chi connectivity index (χ4n) is 3.05. The van der Waals surface area contributed by atoms with Crippen LogP contribution in [0.15, 0.2) is 53.0 Å². The van der Waals surface area contributed by atoms with E-state index in [9.17, 15) is 23.5 Å². The summed E-state index contributed by atoms with van der Waals surface area (Å²) < 4.78 is 27.9. The molecule has 30 heavy (non-hydrogen) atoms. The van der Waals surface area contributed by atoms with Crippen LogP contribution in [-0.2, 0) is 16.9 Å². The molecule has 2 aromatic heterocycles. The van der Waals surface area contributed by atoms with Crippen LogP contribution in [0.5, 0.6) is 0 Å². The number of thioether (sulfide) groups is 1. The Morgan fingerprint density at radius 2 is 1.90 bits per heavy atom. The van der Waals surface area contributed by atoms with Gasteiger partial charge in [-0.25, -0.2) is 8.78 Å². The van der Waals surface area contributed by atoms with Crippen molar-refractivity contribution in [2.45, 2.75) is 12.1 Å². The van der Waals surface area contributed by atoms with Crippen molar-refractivity contribution in [1.29, 1.82) is 0 Å². The number of imide groups is 1. The lowest BCUT2D eigenvalue weighted by Crippen LogP contribution is -2.46. The molecule has 1 unspecified atom stereocenters. The molecule has 1 aliphatic rings. The molecule has 4 rings (SSSR count). The summed E-state index contributed by atoms with van der Waals surface area (Å²) in [6, 6.07) is 6.31. The third-order valence-electron chi connectivity index (χ3n) is 4.41. The van der Waals surface area contributed by atoms with E-state index < -0.39 is 34.9 Å². The zero-order valence-electron chi connectivity index (χ0n) is 15.2. The molecule has 1 N–H and O–H groups in total. The van der Waals surface area contributed by atoms with E-state index in [1.54, 1.807) is 12.1 Å². The first-order valence-electron chi connectivity index (χ1n) is 8.67. The van der Waals surface area contributed by atoms with Gasteiger partial charge >= 0.3 is 0 Å². The van der Waals surface area contributed by atoms with E-state index in [1.165, 1.54) is 23.7 Å². The number of aliphatic hydroxyl groups is 1. The van der Waals surface area contributed by atoms with Crippen LogP contribution in [0, 0.1) is 11.6 Å². The number of halogens is 2. The maximum Gasteiger partial charge on any atom is 0.293 e. The Bertz CT molecular complexity index is 1120. The number of hydrogen-bond donors (Lipinski definition) is 1. The van der Waals surface area contributed by atoms with Gasteiger partial charge in [0.05, 0.1) is 30.4 Å². The predicted octanol–water partition coefficient (Wildman–Crippen LogP) is 3.24. The van der Waals surface area contributed by atoms with Crippen LogP contribution in [-0.4, -0.2) is 42.7 Å². The molecule has 0 aliphatic carbocycles. The van der Waals surface area contributed by atoms with Crippen molar-refractivity contribution in [3.8, 4) is 0 Å². The highest BCUT2D eigenvalue weighted by Crippen LogP contribution is 2.36. The van der Waals surface area contributed by atoms with Crippen molar-refractivity contribution in [2.24, 2.45) is 0 Å². The van der Waals surface area contributed by atoms with Gasteiger partial charge in [0.25, 0.3) is 11.1 Å². The standard InChI is InChI=1S/C19H14F2N4O3S2/c20-12-3-4-14(15(21)8-12)19(28,11-25-22-5-6-23-25)10-24-17(26)16(30-18(24)27)9-13-2-1-7-29-13/h1-9,28H,10-11H2/b16-9-. The molecule has 1 saturated heterocycles. The second-order valence-electron chi connectivity index (χ2n) is 6.50. The second-order valence-corrected chi connectivity index (χ2v) is 8.47. The fraction of sp³-hybridized carbons (Fsp3) is 0.158. The number of carbonyl (C=O) groups is 2. The average Bonchev–Trinajstić information content (AvgIpc) is 3.43. The first-order valence-corrected chi connectivity index (χ1v) is 10.4. The van der Waals surface area contributed by atoms with Crippen molar-refractivity contribution in [2.75, 3.05) is 6.54 Å². The number of nitrogens with zero attached hydrogens (tertiary/aromatic N) is 4. The van der Waals surface area contributed by atoms with E-state index in [4.69, 9.17) is 0 Å². The Labute approximate surface area is 177 Å². The molecule has 2 amide bonds. The smallest absolute Gasteiger partial charge is 0.293 e. The summed E-state index contributed by atoms with van der Waals surface area (Å²) in [5.74, 6) is -2.43. The molecule has 11 heteroatoms. The van der Waals surface area contributed by atoms with E-state index in [1.807, 2.05) is 11.4 Å². The number of carbonyl (C=O) groups excluding carboxylic acids is 2. The molecule has 0 radical (unpaired) electrons. The lowest BCUT2D eigenvalue weighted by atomic mass is 9.92. The molecule has 0 spiro atoms. The average molecular weight is 448 g/mol. The minimum Gasteiger partial charge on any atom is -0.381 e. The van der Waals surface area contributed by atoms with Gasteiger partial charge in [0.1, 0.15) is 17.2 Å². The van der Waals surface area contributed by atoms with Crippen molar-refractivity contribution in [3.63, 3.8) is 0 Å². The van der Waals surface area contributed by atoms with Crippen LogP contribution in [0.1, 0.15) is 10.4 Å². The summed E-state index contributed by atoms with van der Waals surface area (Å²) in [5, 5.41) is 20.4. The number of rotatable bonds is 6. The molecule has 7 nitrogen and oxygen atoms in total. The quantitative estimate of drug-likeness (QED) is 0.583. The maximum absolute atomic E-state index is 14.5. The highest BCUT2D eigenvalue weighted by atomic mass is 32.2. The highest BCUT2D eigenvalue weighted by Gasteiger charge is 2.43. The number of amides is 2. The molecule has 3 heterocycles. The van der Waals surface area contributed by atoms with Crippen molar-refractivity contribution in [1.82, 2.24) is 19.9 Å². The molecule has 1 aromatic carbocycles. The summed E-state index contributed by atoms with van der Waals surface area (Å²) in [6.45, 7) is -0.905. The Balaban J connectivity index is 1.68. The van der Waals surface area contributed by atoms with E-state index in [2.05, 4.69) is 10.2 Å². The monoisotopic (exact) mass is 448 g/mol. The van der Waals surface area contributed by atoms with Gasteiger partial charge in [0.2, 0.25) is 0 Å². The summed E-state index contributed by atoms with van der Waals surface area (Å²) in [7, 11) is 0. The Kier molecular flexibility index (Phi) is 5.50. The SMILES string of the molecule is O=C1S/C(=C\c2cccs2)C(=O)N1CC(O)(Cn1nccn1)c1ccc(F)cc1F. The second kappa shape index (κ2) is 8.09. The molecular weight excluding hydrogens is 434 g/mol. The van der Waals surface area contributed by atoms with E-state index >= 15 is 0 Å². The number of thiophene rings is 1. The number of benzene rings is 1. The molecule has 1 atom stereocenters. The van der Waals surface area contributed by atoms with Crippen LogP contribution in [0.4, 0.5) is 13.6 Å². The van der Waals surface area contributed by atoms with Gasteiger partial charge in [-0.05, 0) is 35.4 Å². The number of aromatic nitrogens is 3. The molecule has 1 aliphatic heterocycles. The van der Waals surface area contributed by atoms with Crippen molar-refractivity contribution < 1.29 is 23.5 Å². The van der Waals surface area contributed by atoms with Crippen molar-refractivity contribution in [3.05, 3.63) is 75.1 Å². The minimum absolute atomic E-state index is 0.196. The summed E-state index contributed by atoms with van der Waals surface area (Å²) in [6.07, 6.45) is 4.32. The van der Waals surface area contributed by atoms with Gasteiger partial charge in [-0.2, -0.15) is 15.0 Å². The summed E-state index contributed by atoms with van der Waals surface area (Å²) >= 11 is 2.14. The van der Waals surface area contributed by atoms with Gasteiger partial charge in [0, 0.05) is 16.5 Å². The van der Waals surface area contributed by atoms with Crippen LogP contribution in [0.2, 0.25) is 0 Å². The molecule has 0 bridgehead atoms. The normalized spacial score (nSPS) is 17.7. The third-order valence-corrected chi connectivity index (χ3v) is 6.14. The maximum atomic E-state index is 14.5.